The molecule has 1 aliphatic rings. The van der Waals surface area contributed by atoms with Gasteiger partial charge in [-0.15, -0.1) is 0 Å². The molecule has 0 saturated carbocycles. The van der Waals surface area contributed by atoms with Crippen LogP contribution in [0.15, 0.2) is 58.1 Å². The fourth-order valence-electron chi connectivity index (χ4n) is 3.55. The summed E-state index contributed by atoms with van der Waals surface area (Å²) in [7, 11) is 0. The topological polar surface area (TPSA) is 80.3 Å². The fourth-order valence-corrected chi connectivity index (χ4v) is 3.55. The first-order valence-electron chi connectivity index (χ1n) is 10.7. The highest BCUT2D eigenvalue weighted by molar-refractivity contribution is 5.80. The summed E-state index contributed by atoms with van der Waals surface area (Å²) < 4.78 is 7.49. The summed E-state index contributed by atoms with van der Waals surface area (Å²) in [5.74, 6) is 4.16. The van der Waals surface area contributed by atoms with Crippen molar-refractivity contribution in [3.8, 4) is 0 Å². The van der Waals surface area contributed by atoms with E-state index in [9.17, 15) is 0 Å². The standard InChI is InChI=1S/C23H30N6O/c1-17(2)22-27-21-11-10-19(16-29(21)28-22)26-23(24-13-12-20-9-6-14-30-20)25-15-18-7-4-3-5-8-18/h3-9,14,17,19H,10-13,15-16H2,1-2H3,(H2,24,25,26). The van der Waals surface area contributed by atoms with Gasteiger partial charge in [-0.25, -0.2) is 14.7 Å². The monoisotopic (exact) mass is 406 g/mol. The van der Waals surface area contributed by atoms with Gasteiger partial charge in [0.1, 0.15) is 11.6 Å². The first kappa shape index (κ1) is 20.2. The molecule has 0 saturated heterocycles. The van der Waals surface area contributed by atoms with Gasteiger partial charge in [0.05, 0.1) is 19.4 Å². The van der Waals surface area contributed by atoms with Crippen LogP contribution >= 0.6 is 0 Å². The number of hydrogen-bond donors (Lipinski definition) is 2. The van der Waals surface area contributed by atoms with Crippen molar-refractivity contribution in [2.45, 2.75) is 58.2 Å². The van der Waals surface area contributed by atoms with Gasteiger partial charge in [0, 0.05) is 31.3 Å². The zero-order valence-electron chi connectivity index (χ0n) is 17.7. The molecule has 0 aliphatic carbocycles. The van der Waals surface area contributed by atoms with Gasteiger partial charge < -0.3 is 15.1 Å². The van der Waals surface area contributed by atoms with Crippen molar-refractivity contribution in [3.63, 3.8) is 0 Å². The van der Waals surface area contributed by atoms with E-state index in [1.54, 1.807) is 6.26 Å². The Hall–Kier alpha value is -3.09. The second-order valence-corrected chi connectivity index (χ2v) is 8.01. The lowest BCUT2D eigenvalue weighted by atomic mass is 10.1. The minimum absolute atomic E-state index is 0.268. The van der Waals surface area contributed by atoms with E-state index in [0.717, 1.165) is 55.7 Å². The molecule has 0 bridgehead atoms. The molecule has 0 fully saturated rings. The number of nitrogens with one attached hydrogen (secondary N) is 2. The van der Waals surface area contributed by atoms with Crippen molar-refractivity contribution in [1.82, 2.24) is 25.4 Å². The highest BCUT2D eigenvalue weighted by Gasteiger charge is 2.23. The van der Waals surface area contributed by atoms with Crippen LogP contribution in [0, 0.1) is 0 Å². The third-order valence-corrected chi connectivity index (χ3v) is 5.24. The van der Waals surface area contributed by atoms with Gasteiger partial charge in [-0.05, 0) is 24.1 Å². The quantitative estimate of drug-likeness (QED) is 0.465. The molecule has 0 amide bonds. The molecule has 0 radical (unpaired) electrons. The Kier molecular flexibility index (Phi) is 6.47. The van der Waals surface area contributed by atoms with E-state index in [0.29, 0.717) is 12.5 Å². The Bertz CT molecular complexity index is 946. The molecule has 4 rings (SSSR count). The van der Waals surface area contributed by atoms with E-state index in [1.165, 1.54) is 5.56 Å². The van der Waals surface area contributed by atoms with E-state index in [1.807, 2.05) is 35.0 Å². The molecule has 2 aromatic heterocycles. The third kappa shape index (κ3) is 5.28. The summed E-state index contributed by atoms with van der Waals surface area (Å²) in [6.45, 7) is 6.46. The first-order valence-corrected chi connectivity index (χ1v) is 10.7. The van der Waals surface area contributed by atoms with Crippen LogP contribution in [0.1, 0.15) is 49.2 Å². The normalized spacial score (nSPS) is 16.5. The fraction of sp³-hybridized carbons (Fsp3) is 0.435. The molecule has 0 spiro atoms. The first-order chi connectivity index (χ1) is 14.7. The van der Waals surface area contributed by atoms with Gasteiger partial charge in [-0.3, -0.25) is 0 Å². The molecule has 158 valence electrons. The van der Waals surface area contributed by atoms with Crippen LogP contribution in [-0.2, 0) is 25.9 Å². The van der Waals surface area contributed by atoms with E-state index >= 15 is 0 Å². The van der Waals surface area contributed by atoms with E-state index in [4.69, 9.17) is 14.5 Å². The summed E-state index contributed by atoms with van der Waals surface area (Å²) in [5, 5.41) is 11.8. The van der Waals surface area contributed by atoms with Crippen LogP contribution in [-0.4, -0.2) is 33.3 Å². The third-order valence-electron chi connectivity index (χ3n) is 5.24. The van der Waals surface area contributed by atoms with Gasteiger partial charge in [0.15, 0.2) is 11.8 Å². The second kappa shape index (κ2) is 9.61. The predicted octanol–water partition coefficient (Wildman–Crippen LogP) is 3.29. The van der Waals surface area contributed by atoms with Gasteiger partial charge in [0.2, 0.25) is 0 Å². The number of aliphatic imine (C=N–C) groups is 1. The van der Waals surface area contributed by atoms with Crippen LogP contribution in [0.4, 0.5) is 0 Å². The maximum atomic E-state index is 5.44. The molecule has 3 heterocycles. The zero-order chi connectivity index (χ0) is 20.8. The second-order valence-electron chi connectivity index (χ2n) is 8.01. The van der Waals surface area contributed by atoms with Crippen LogP contribution in [0.2, 0.25) is 0 Å². The largest absolute Gasteiger partial charge is 0.469 e. The maximum Gasteiger partial charge on any atom is 0.191 e. The molecule has 1 aromatic carbocycles. The number of rotatable bonds is 7. The van der Waals surface area contributed by atoms with Crippen molar-refractivity contribution in [1.29, 1.82) is 0 Å². The molecule has 7 heteroatoms. The van der Waals surface area contributed by atoms with Crippen molar-refractivity contribution in [2.24, 2.45) is 4.99 Å². The molecule has 1 aliphatic heterocycles. The van der Waals surface area contributed by atoms with Crippen molar-refractivity contribution in [3.05, 3.63) is 71.7 Å². The Morgan fingerprint density at radius 1 is 1.23 bits per heavy atom. The van der Waals surface area contributed by atoms with E-state index in [-0.39, 0.29) is 6.04 Å². The van der Waals surface area contributed by atoms with Gasteiger partial charge in [-0.2, -0.15) is 5.10 Å². The minimum atomic E-state index is 0.268. The van der Waals surface area contributed by atoms with Crippen LogP contribution in [0.5, 0.6) is 0 Å². The Balaban J connectivity index is 1.40. The lowest BCUT2D eigenvalue weighted by molar-refractivity contribution is 0.391. The molecule has 30 heavy (non-hydrogen) atoms. The van der Waals surface area contributed by atoms with Gasteiger partial charge in [0.25, 0.3) is 0 Å². The number of benzene rings is 1. The number of furan rings is 1. The smallest absolute Gasteiger partial charge is 0.191 e. The average molecular weight is 407 g/mol. The number of hydrogen-bond acceptors (Lipinski definition) is 4. The van der Waals surface area contributed by atoms with Crippen molar-refractivity contribution < 1.29 is 4.42 Å². The molecule has 3 aromatic rings. The number of fused-ring (bicyclic) bond motifs is 1. The molecule has 7 nitrogen and oxygen atoms in total. The Labute approximate surface area is 177 Å². The maximum absolute atomic E-state index is 5.44. The molecular formula is C23H30N6O. The lowest BCUT2D eigenvalue weighted by Crippen LogP contribution is -2.47. The molecule has 1 atom stereocenters. The van der Waals surface area contributed by atoms with Crippen molar-refractivity contribution in [2.75, 3.05) is 6.54 Å². The average Bonchev–Trinajstić information content (AvgIpc) is 3.42. The van der Waals surface area contributed by atoms with Gasteiger partial charge >= 0.3 is 0 Å². The summed E-state index contributed by atoms with van der Waals surface area (Å²) in [4.78, 5) is 9.50. The van der Waals surface area contributed by atoms with Crippen LogP contribution in [0.3, 0.4) is 0 Å². The van der Waals surface area contributed by atoms with Crippen molar-refractivity contribution >= 4 is 5.96 Å². The Morgan fingerprint density at radius 2 is 2.10 bits per heavy atom. The molecule has 2 N–H and O–H groups in total. The zero-order valence-corrected chi connectivity index (χ0v) is 17.7. The number of aryl methyl sites for hydroxylation is 1. The Morgan fingerprint density at radius 3 is 2.87 bits per heavy atom. The molecule has 1 unspecified atom stereocenters. The highest BCUT2D eigenvalue weighted by atomic mass is 16.3. The van der Waals surface area contributed by atoms with Crippen LogP contribution < -0.4 is 10.6 Å². The molecular weight excluding hydrogens is 376 g/mol. The summed E-state index contributed by atoms with van der Waals surface area (Å²) in [6.07, 6.45) is 4.46. The predicted molar refractivity (Wildman–Crippen MR) is 117 cm³/mol. The SMILES string of the molecule is CC(C)c1nc2n(n1)CC(NC(=NCc1ccccc1)NCCc1ccco1)CC2. The number of guanidine groups is 1. The minimum Gasteiger partial charge on any atom is -0.469 e. The summed E-state index contributed by atoms with van der Waals surface area (Å²) in [6, 6.07) is 14.5. The number of nitrogens with zero attached hydrogens (tertiary/aromatic N) is 4. The lowest BCUT2D eigenvalue weighted by Gasteiger charge is -2.25. The van der Waals surface area contributed by atoms with Crippen LogP contribution in [0.25, 0.3) is 0 Å². The highest BCUT2D eigenvalue weighted by Crippen LogP contribution is 2.17. The summed E-state index contributed by atoms with van der Waals surface area (Å²) >= 11 is 0. The summed E-state index contributed by atoms with van der Waals surface area (Å²) in [5.41, 5.74) is 1.19. The number of aromatic nitrogens is 3. The van der Waals surface area contributed by atoms with E-state index < -0.39 is 0 Å². The van der Waals surface area contributed by atoms with E-state index in [2.05, 4.69) is 41.6 Å². The van der Waals surface area contributed by atoms with Gasteiger partial charge in [-0.1, -0.05) is 44.2 Å².